The summed E-state index contributed by atoms with van der Waals surface area (Å²) in [7, 11) is -3.29. The maximum absolute atomic E-state index is 12.4. The molecule has 1 N–H and O–H groups in total. The number of pyridine rings is 1. The first-order valence-corrected chi connectivity index (χ1v) is 10.9. The Balaban J connectivity index is 1.42. The molecule has 0 bridgehead atoms. The number of nitrogens with zero attached hydrogens (tertiary/aromatic N) is 2. The van der Waals surface area contributed by atoms with Crippen LogP contribution in [0, 0.1) is 5.92 Å². The quantitative estimate of drug-likeness (QED) is 0.789. The number of aryl methyl sites for hydroxylation is 1. The minimum atomic E-state index is -3.29. The number of rotatable bonds is 7. The normalized spacial score (nSPS) is 15.6. The van der Waals surface area contributed by atoms with Crippen molar-refractivity contribution in [3.63, 3.8) is 0 Å². The van der Waals surface area contributed by atoms with Crippen molar-refractivity contribution in [3.05, 3.63) is 66.0 Å². The van der Waals surface area contributed by atoms with Crippen LogP contribution in [-0.2, 0) is 16.4 Å². The fraction of sp³-hybridized carbons (Fsp3) is 0.400. The number of piperidine rings is 1. The summed E-state index contributed by atoms with van der Waals surface area (Å²) in [5, 5.41) is 0. The fourth-order valence-electron chi connectivity index (χ4n) is 3.23. The molecule has 1 aliphatic rings. The third-order valence-electron chi connectivity index (χ3n) is 4.92. The molecule has 0 unspecified atom stereocenters. The molecule has 0 saturated carbocycles. The van der Waals surface area contributed by atoms with Gasteiger partial charge in [0, 0.05) is 37.6 Å². The summed E-state index contributed by atoms with van der Waals surface area (Å²) >= 11 is 0. The number of aromatic nitrogens is 1. The molecule has 0 aliphatic carbocycles. The van der Waals surface area contributed by atoms with Gasteiger partial charge in [-0.15, -0.1) is 0 Å². The Morgan fingerprint density at radius 3 is 2.41 bits per heavy atom. The number of carbonyl (C=O) groups excluding carboxylic acids is 1. The van der Waals surface area contributed by atoms with Crippen LogP contribution in [0.3, 0.4) is 0 Å². The Bertz CT molecular complexity index is 833. The van der Waals surface area contributed by atoms with E-state index in [1.807, 2.05) is 35.2 Å². The van der Waals surface area contributed by atoms with E-state index in [-0.39, 0.29) is 17.6 Å². The number of hydrogen-bond acceptors (Lipinski definition) is 4. The highest BCUT2D eigenvalue weighted by Crippen LogP contribution is 2.18. The Labute approximate surface area is 160 Å². The lowest BCUT2D eigenvalue weighted by atomic mass is 9.97. The van der Waals surface area contributed by atoms with Gasteiger partial charge in [-0.05, 0) is 42.9 Å². The average Bonchev–Trinajstić information content (AvgIpc) is 2.72. The maximum atomic E-state index is 12.4. The predicted molar refractivity (Wildman–Crippen MR) is 105 cm³/mol. The predicted octanol–water partition coefficient (Wildman–Crippen LogP) is 2.10. The van der Waals surface area contributed by atoms with Crippen LogP contribution in [0.5, 0.6) is 0 Å². The van der Waals surface area contributed by atoms with Crippen LogP contribution in [0.15, 0.2) is 54.9 Å². The topological polar surface area (TPSA) is 79.4 Å². The van der Waals surface area contributed by atoms with Gasteiger partial charge in [0.15, 0.2) is 0 Å². The van der Waals surface area contributed by atoms with Gasteiger partial charge in [0.25, 0.3) is 5.91 Å². The second kappa shape index (κ2) is 9.10. The molecular formula is C20H25N3O3S. The second-order valence-corrected chi connectivity index (χ2v) is 8.80. The van der Waals surface area contributed by atoms with Crippen molar-refractivity contribution in [2.45, 2.75) is 19.3 Å². The summed E-state index contributed by atoms with van der Waals surface area (Å²) in [6.07, 6.45) is 5.35. The molecule has 1 aromatic heterocycles. The van der Waals surface area contributed by atoms with Crippen LogP contribution in [0.4, 0.5) is 0 Å². The molecule has 3 rings (SSSR count). The number of likely N-dealkylation sites (tertiary alicyclic amines) is 1. The van der Waals surface area contributed by atoms with Gasteiger partial charge in [-0.2, -0.15) is 0 Å². The summed E-state index contributed by atoms with van der Waals surface area (Å²) in [5.74, 6) is 0.369. The van der Waals surface area contributed by atoms with Crippen LogP contribution in [-0.4, -0.2) is 49.6 Å². The van der Waals surface area contributed by atoms with E-state index in [0.29, 0.717) is 31.6 Å². The minimum absolute atomic E-state index is 0.0132. The van der Waals surface area contributed by atoms with Crippen molar-refractivity contribution < 1.29 is 13.2 Å². The van der Waals surface area contributed by atoms with Crippen LogP contribution < -0.4 is 4.72 Å². The molecule has 1 saturated heterocycles. The molecule has 1 aromatic carbocycles. The van der Waals surface area contributed by atoms with Crippen molar-refractivity contribution in [3.8, 4) is 0 Å². The average molecular weight is 388 g/mol. The number of benzene rings is 1. The highest BCUT2D eigenvalue weighted by molar-refractivity contribution is 7.89. The van der Waals surface area contributed by atoms with E-state index in [1.54, 1.807) is 24.5 Å². The molecule has 0 atom stereocenters. The summed E-state index contributed by atoms with van der Waals surface area (Å²) in [4.78, 5) is 18.2. The second-order valence-electron chi connectivity index (χ2n) is 6.87. The zero-order valence-electron chi connectivity index (χ0n) is 15.3. The summed E-state index contributed by atoms with van der Waals surface area (Å²) in [6.45, 7) is 1.74. The Hall–Kier alpha value is -2.25. The lowest BCUT2D eigenvalue weighted by molar-refractivity contribution is 0.0692. The van der Waals surface area contributed by atoms with E-state index < -0.39 is 10.0 Å². The first kappa shape index (κ1) is 19.5. The van der Waals surface area contributed by atoms with E-state index in [4.69, 9.17) is 0 Å². The largest absolute Gasteiger partial charge is 0.339 e. The monoisotopic (exact) mass is 387 g/mol. The zero-order chi connectivity index (χ0) is 19.1. The first-order chi connectivity index (χ1) is 13.0. The van der Waals surface area contributed by atoms with Gasteiger partial charge in [0.1, 0.15) is 0 Å². The van der Waals surface area contributed by atoms with Gasteiger partial charge in [0.2, 0.25) is 10.0 Å². The SMILES string of the molecule is O=C(c1ccncc1)N1CCC(CNS(=O)(=O)CCc2ccccc2)CC1. The van der Waals surface area contributed by atoms with Crippen molar-refractivity contribution in [2.75, 3.05) is 25.4 Å². The number of amides is 1. The van der Waals surface area contributed by atoms with E-state index in [9.17, 15) is 13.2 Å². The highest BCUT2D eigenvalue weighted by atomic mass is 32.2. The van der Waals surface area contributed by atoms with Crippen molar-refractivity contribution in [1.29, 1.82) is 0 Å². The van der Waals surface area contributed by atoms with Gasteiger partial charge in [0.05, 0.1) is 5.75 Å². The molecule has 7 heteroatoms. The number of nitrogens with one attached hydrogen (secondary N) is 1. The molecule has 1 aliphatic heterocycles. The molecule has 27 heavy (non-hydrogen) atoms. The van der Waals surface area contributed by atoms with Gasteiger partial charge < -0.3 is 4.90 Å². The molecule has 0 spiro atoms. The molecule has 2 heterocycles. The van der Waals surface area contributed by atoms with Gasteiger partial charge in [-0.25, -0.2) is 13.1 Å². The smallest absolute Gasteiger partial charge is 0.253 e. The van der Waals surface area contributed by atoms with Gasteiger partial charge in [-0.1, -0.05) is 30.3 Å². The van der Waals surface area contributed by atoms with Crippen molar-refractivity contribution >= 4 is 15.9 Å². The molecule has 0 radical (unpaired) electrons. The summed E-state index contributed by atoms with van der Waals surface area (Å²) < 4.78 is 27.2. The zero-order valence-corrected chi connectivity index (χ0v) is 16.1. The first-order valence-electron chi connectivity index (χ1n) is 9.24. The van der Waals surface area contributed by atoms with E-state index in [2.05, 4.69) is 9.71 Å². The van der Waals surface area contributed by atoms with Crippen molar-refractivity contribution in [2.24, 2.45) is 5.92 Å². The molecule has 1 amide bonds. The summed E-state index contributed by atoms with van der Waals surface area (Å²) in [6, 6.07) is 13.1. The Morgan fingerprint density at radius 2 is 1.74 bits per heavy atom. The lowest BCUT2D eigenvalue weighted by Gasteiger charge is -2.32. The van der Waals surface area contributed by atoms with Crippen molar-refractivity contribution in [1.82, 2.24) is 14.6 Å². The fourth-order valence-corrected chi connectivity index (χ4v) is 4.37. The van der Waals surface area contributed by atoms with Gasteiger partial charge >= 0.3 is 0 Å². The van der Waals surface area contributed by atoms with Crippen LogP contribution in [0.1, 0.15) is 28.8 Å². The lowest BCUT2D eigenvalue weighted by Crippen LogP contribution is -2.41. The Morgan fingerprint density at radius 1 is 1.07 bits per heavy atom. The minimum Gasteiger partial charge on any atom is -0.339 e. The number of carbonyl (C=O) groups is 1. The molecule has 144 valence electrons. The van der Waals surface area contributed by atoms with E-state index in [0.717, 1.165) is 18.4 Å². The van der Waals surface area contributed by atoms with E-state index >= 15 is 0 Å². The molecule has 6 nitrogen and oxygen atoms in total. The summed E-state index contributed by atoms with van der Waals surface area (Å²) in [5.41, 5.74) is 1.66. The molecular weight excluding hydrogens is 362 g/mol. The van der Waals surface area contributed by atoms with Crippen LogP contribution in [0.25, 0.3) is 0 Å². The molecule has 1 fully saturated rings. The highest BCUT2D eigenvalue weighted by Gasteiger charge is 2.24. The number of hydrogen-bond donors (Lipinski definition) is 1. The number of sulfonamides is 1. The third kappa shape index (κ3) is 5.87. The molecule has 2 aromatic rings. The maximum Gasteiger partial charge on any atom is 0.253 e. The standard InChI is InChI=1S/C20H25N3O3S/c24-20(19-6-11-21-12-7-19)23-13-8-18(9-14-23)16-22-27(25,26)15-10-17-4-2-1-3-5-17/h1-7,11-12,18,22H,8-10,13-16H2. The Kier molecular flexibility index (Phi) is 6.58. The van der Waals surface area contributed by atoms with E-state index in [1.165, 1.54) is 0 Å². The third-order valence-corrected chi connectivity index (χ3v) is 6.27. The van der Waals surface area contributed by atoms with Gasteiger partial charge in [-0.3, -0.25) is 9.78 Å². The van der Waals surface area contributed by atoms with Crippen LogP contribution in [0.2, 0.25) is 0 Å². The van der Waals surface area contributed by atoms with Crippen LogP contribution >= 0.6 is 0 Å².